The molecule has 1 aliphatic rings. The van der Waals surface area contributed by atoms with Crippen LogP contribution in [0.15, 0.2) is 54.6 Å². The number of hydrogen-bond donors (Lipinski definition) is 2. The van der Waals surface area contributed by atoms with E-state index in [1.165, 1.54) is 6.92 Å². The summed E-state index contributed by atoms with van der Waals surface area (Å²) in [5.74, 6) is -1.18. The van der Waals surface area contributed by atoms with Gasteiger partial charge < -0.3 is 15.4 Å². The number of fused-ring (bicyclic) bond motifs is 1. The highest BCUT2D eigenvalue weighted by Gasteiger charge is 2.40. The Labute approximate surface area is 167 Å². The third kappa shape index (κ3) is 4.60. The first kappa shape index (κ1) is 20.1. The smallest absolute Gasteiger partial charge is 0.262 e. The van der Waals surface area contributed by atoms with Gasteiger partial charge in [-0.25, -0.2) is 0 Å². The fraction of sp³-hybridized carbons (Fsp3) is 0.238. The van der Waals surface area contributed by atoms with Gasteiger partial charge in [0.1, 0.15) is 11.8 Å². The van der Waals surface area contributed by atoms with Crippen LogP contribution < -0.4 is 15.4 Å². The molecular weight excluding hydrogens is 374 g/mol. The van der Waals surface area contributed by atoms with Crippen LogP contribution in [0.3, 0.4) is 0 Å². The molecular formula is C21H21N3O5. The minimum absolute atomic E-state index is 0.136. The number of para-hydroxylation sites is 1. The molecule has 0 aromatic heterocycles. The molecule has 0 saturated heterocycles. The number of benzene rings is 2. The maximum Gasteiger partial charge on any atom is 0.262 e. The van der Waals surface area contributed by atoms with E-state index in [2.05, 4.69) is 10.6 Å². The lowest BCUT2D eigenvalue weighted by molar-refractivity contribution is -0.125. The molecule has 2 N–H and O–H groups in total. The Bertz CT molecular complexity index is 894. The zero-order chi connectivity index (χ0) is 20.8. The molecule has 2 aromatic carbocycles. The van der Waals surface area contributed by atoms with Crippen molar-refractivity contribution in [2.24, 2.45) is 0 Å². The minimum Gasteiger partial charge on any atom is -0.484 e. The molecule has 1 heterocycles. The van der Waals surface area contributed by atoms with Crippen LogP contribution >= 0.6 is 0 Å². The average molecular weight is 395 g/mol. The molecule has 0 bridgehead atoms. The highest BCUT2D eigenvalue weighted by molar-refractivity contribution is 6.22. The number of rotatable bonds is 8. The standard InChI is InChI=1S/C21H21N3O5/c1-14(24-20(27)16-9-5-6-10-17(16)21(24)28)19(26)23-12-11-22-18(25)13-29-15-7-3-2-4-8-15/h2-10,14H,11-13H2,1H3,(H,22,25)(H,23,26). The topological polar surface area (TPSA) is 105 Å². The van der Waals surface area contributed by atoms with Gasteiger partial charge in [0.05, 0.1) is 11.1 Å². The second-order valence-electron chi connectivity index (χ2n) is 6.44. The molecule has 4 amide bonds. The molecule has 0 fully saturated rings. The van der Waals surface area contributed by atoms with E-state index in [0.717, 1.165) is 4.90 Å². The molecule has 0 radical (unpaired) electrons. The summed E-state index contributed by atoms with van der Waals surface area (Å²) in [6.07, 6.45) is 0. The van der Waals surface area contributed by atoms with E-state index in [1.807, 2.05) is 6.07 Å². The number of imide groups is 1. The quantitative estimate of drug-likeness (QED) is 0.512. The first-order valence-corrected chi connectivity index (χ1v) is 9.18. The Morgan fingerprint density at radius 3 is 2.07 bits per heavy atom. The monoisotopic (exact) mass is 395 g/mol. The highest BCUT2D eigenvalue weighted by Crippen LogP contribution is 2.24. The van der Waals surface area contributed by atoms with Gasteiger partial charge in [-0.3, -0.25) is 24.1 Å². The van der Waals surface area contributed by atoms with Gasteiger partial charge in [0.2, 0.25) is 5.91 Å². The minimum atomic E-state index is -0.959. The summed E-state index contributed by atoms with van der Waals surface area (Å²) in [5, 5.41) is 5.24. The summed E-state index contributed by atoms with van der Waals surface area (Å²) in [5.41, 5.74) is 0.589. The second-order valence-corrected chi connectivity index (χ2v) is 6.44. The normalized spacial score (nSPS) is 13.6. The molecule has 8 nitrogen and oxygen atoms in total. The first-order valence-electron chi connectivity index (χ1n) is 9.18. The molecule has 1 unspecified atom stereocenters. The van der Waals surface area contributed by atoms with E-state index in [4.69, 9.17) is 4.74 Å². The van der Waals surface area contributed by atoms with Crippen LogP contribution in [-0.2, 0) is 9.59 Å². The molecule has 1 aliphatic heterocycles. The van der Waals surface area contributed by atoms with Crippen LogP contribution in [0, 0.1) is 0 Å². The average Bonchev–Trinajstić information content (AvgIpc) is 3.00. The lowest BCUT2D eigenvalue weighted by Crippen LogP contribution is -2.49. The molecule has 1 atom stereocenters. The Balaban J connectivity index is 1.41. The second kappa shape index (κ2) is 9.01. The summed E-state index contributed by atoms with van der Waals surface area (Å²) < 4.78 is 5.32. The number of ether oxygens (including phenoxy) is 1. The van der Waals surface area contributed by atoms with Crippen molar-refractivity contribution in [1.82, 2.24) is 15.5 Å². The van der Waals surface area contributed by atoms with Crippen LogP contribution in [0.5, 0.6) is 5.75 Å². The summed E-state index contributed by atoms with van der Waals surface area (Å²) in [7, 11) is 0. The van der Waals surface area contributed by atoms with Crippen molar-refractivity contribution in [3.8, 4) is 5.75 Å². The van der Waals surface area contributed by atoms with Crippen LogP contribution in [0.25, 0.3) is 0 Å². The molecule has 150 valence electrons. The maximum atomic E-state index is 12.4. The van der Waals surface area contributed by atoms with Gasteiger partial charge in [0.15, 0.2) is 6.61 Å². The zero-order valence-electron chi connectivity index (χ0n) is 15.9. The van der Waals surface area contributed by atoms with Crippen molar-refractivity contribution in [3.05, 3.63) is 65.7 Å². The van der Waals surface area contributed by atoms with Gasteiger partial charge in [-0.05, 0) is 31.2 Å². The Morgan fingerprint density at radius 2 is 1.45 bits per heavy atom. The molecule has 2 aromatic rings. The fourth-order valence-electron chi connectivity index (χ4n) is 2.93. The lowest BCUT2D eigenvalue weighted by atomic mass is 10.1. The number of hydrogen-bond acceptors (Lipinski definition) is 5. The summed E-state index contributed by atoms with van der Waals surface area (Å²) in [6, 6.07) is 14.4. The van der Waals surface area contributed by atoms with Gasteiger partial charge in [0, 0.05) is 13.1 Å². The Hall–Kier alpha value is -3.68. The van der Waals surface area contributed by atoms with Gasteiger partial charge in [-0.2, -0.15) is 0 Å². The number of carbonyl (C=O) groups excluding carboxylic acids is 4. The Morgan fingerprint density at radius 1 is 0.897 bits per heavy atom. The van der Waals surface area contributed by atoms with E-state index in [9.17, 15) is 19.2 Å². The summed E-state index contributed by atoms with van der Waals surface area (Å²) >= 11 is 0. The van der Waals surface area contributed by atoms with E-state index in [1.54, 1.807) is 48.5 Å². The lowest BCUT2D eigenvalue weighted by Gasteiger charge is -2.21. The molecule has 8 heteroatoms. The number of amides is 4. The number of carbonyl (C=O) groups is 4. The van der Waals surface area contributed by atoms with E-state index in [-0.39, 0.29) is 25.6 Å². The molecule has 29 heavy (non-hydrogen) atoms. The third-order valence-electron chi connectivity index (χ3n) is 4.45. The van der Waals surface area contributed by atoms with Crippen LogP contribution in [0.1, 0.15) is 27.6 Å². The summed E-state index contributed by atoms with van der Waals surface area (Å²) in [4.78, 5) is 49.9. The maximum absolute atomic E-state index is 12.4. The number of nitrogens with zero attached hydrogens (tertiary/aromatic N) is 1. The largest absolute Gasteiger partial charge is 0.484 e. The predicted molar refractivity (Wildman–Crippen MR) is 104 cm³/mol. The van der Waals surface area contributed by atoms with Crippen molar-refractivity contribution in [2.75, 3.05) is 19.7 Å². The predicted octanol–water partition coefficient (Wildman–Crippen LogP) is 0.983. The SMILES string of the molecule is CC(C(=O)NCCNC(=O)COc1ccccc1)N1C(=O)c2ccccc2C1=O. The first-order chi connectivity index (χ1) is 14.0. The molecule has 0 saturated carbocycles. The van der Waals surface area contributed by atoms with Crippen molar-refractivity contribution in [1.29, 1.82) is 0 Å². The van der Waals surface area contributed by atoms with Crippen LogP contribution in [0.2, 0.25) is 0 Å². The molecule has 0 spiro atoms. The van der Waals surface area contributed by atoms with Gasteiger partial charge in [0.25, 0.3) is 17.7 Å². The van der Waals surface area contributed by atoms with E-state index >= 15 is 0 Å². The van der Waals surface area contributed by atoms with Gasteiger partial charge in [-0.1, -0.05) is 30.3 Å². The Kier molecular flexibility index (Phi) is 6.23. The summed E-state index contributed by atoms with van der Waals surface area (Å²) in [6.45, 7) is 1.70. The fourth-order valence-corrected chi connectivity index (χ4v) is 2.93. The van der Waals surface area contributed by atoms with Crippen molar-refractivity contribution < 1.29 is 23.9 Å². The van der Waals surface area contributed by atoms with Crippen LogP contribution in [0.4, 0.5) is 0 Å². The van der Waals surface area contributed by atoms with Crippen LogP contribution in [-0.4, -0.2) is 54.3 Å². The van der Waals surface area contributed by atoms with E-state index < -0.39 is 23.8 Å². The zero-order valence-corrected chi connectivity index (χ0v) is 15.9. The van der Waals surface area contributed by atoms with Crippen molar-refractivity contribution in [3.63, 3.8) is 0 Å². The van der Waals surface area contributed by atoms with Crippen molar-refractivity contribution in [2.45, 2.75) is 13.0 Å². The number of nitrogens with one attached hydrogen (secondary N) is 2. The third-order valence-corrected chi connectivity index (χ3v) is 4.45. The van der Waals surface area contributed by atoms with E-state index in [0.29, 0.717) is 16.9 Å². The highest BCUT2D eigenvalue weighted by atomic mass is 16.5. The van der Waals surface area contributed by atoms with Gasteiger partial charge in [-0.15, -0.1) is 0 Å². The van der Waals surface area contributed by atoms with Crippen molar-refractivity contribution >= 4 is 23.6 Å². The molecule has 3 rings (SSSR count). The molecule has 0 aliphatic carbocycles. The van der Waals surface area contributed by atoms with Gasteiger partial charge >= 0.3 is 0 Å².